The van der Waals surface area contributed by atoms with Crippen LogP contribution in [0.4, 0.5) is 11.4 Å². The van der Waals surface area contributed by atoms with Crippen LogP contribution < -0.4 is 10.5 Å². The number of aromatic nitrogens is 1. The molecular formula is C29H34N3O8S2-. The first kappa shape index (κ1) is 31.4. The summed E-state index contributed by atoms with van der Waals surface area (Å²) < 4.78 is 72.2. The molecule has 1 aliphatic rings. The second-order valence-corrected chi connectivity index (χ2v) is 13.6. The highest BCUT2D eigenvalue weighted by atomic mass is 32.2. The number of benzene rings is 2. The predicted octanol–water partition coefficient (Wildman–Crippen LogP) is 3.02. The summed E-state index contributed by atoms with van der Waals surface area (Å²) in [5.41, 5.74) is 1.78. The molecule has 0 fully saturated rings. The van der Waals surface area contributed by atoms with Crippen molar-refractivity contribution >= 4 is 54.3 Å². The molecule has 1 aromatic heterocycles. The summed E-state index contributed by atoms with van der Waals surface area (Å²) in [4.78, 5) is 15.2. The van der Waals surface area contributed by atoms with Crippen molar-refractivity contribution < 1.29 is 35.6 Å². The first-order valence-corrected chi connectivity index (χ1v) is 16.5. The molecule has 0 bridgehead atoms. The molecule has 0 saturated carbocycles. The zero-order chi connectivity index (χ0) is 31.2. The molecule has 2 aromatic carbocycles. The molecule has 0 atom stereocenters. The molecule has 13 heteroatoms. The van der Waals surface area contributed by atoms with E-state index in [4.69, 9.17) is 0 Å². The quantitative estimate of drug-likeness (QED) is 0.266. The van der Waals surface area contributed by atoms with Crippen molar-refractivity contribution in [1.82, 2.24) is 4.57 Å². The third-order valence-corrected chi connectivity index (χ3v) is 9.47. The van der Waals surface area contributed by atoms with Crippen molar-refractivity contribution in [3.63, 3.8) is 0 Å². The maximum atomic E-state index is 13.4. The van der Waals surface area contributed by atoms with Gasteiger partial charge < -0.3 is 23.7 Å². The van der Waals surface area contributed by atoms with Crippen molar-refractivity contribution in [2.24, 2.45) is 7.05 Å². The summed E-state index contributed by atoms with van der Waals surface area (Å²) >= 11 is 0. The smallest absolute Gasteiger partial charge is 0.261 e. The zero-order valence-electron chi connectivity index (χ0n) is 24.1. The van der Waals surface area contributed by atoms with Crippen molar-refractivity contribution in [2.75, 3.05) is 30.3 Å². The number of hydrogen-bond acceptors (Lipinski definition) is 9. The van der Waals surface area contributed by atoms with Crippen LogP contribution in [-0.2, 0) is 32.7 Å². The van der Waals surface area contributed by atoms with E-state index in [1.54, 1.807) is 37.6 Å². The van der Waals surface area contributed by atoms with Crippen LogP contribution in [0.3, 0.4) is 0 Å². The summed E-state index contributed by atoms with van der Waals surface area (Å²) in [7, 11) is -7.60. The van der Waals surface area contributed by atoms with Gasteiger partial charge in [-0.15, -0.1) is 0 Å². The highest BCUT2D eigenvalue weighted by Crippen LogP contribution is 2.41. The molecular weight excluding hydrogens is 582 g/mol. The molecule has 0 aliphatic carbocycles. The topological polar surface area (TPSA) is 163 Å². The molecule has 0 spiro atoms. The average molecular weight is 617 g/mol. The van der Waals surface area contributed by atoms with Crippen LogP contribution >= 0.6 is 0 Å². The molecule has 1 aliphatic heterocycles. The third kappa shape index (κ3) is 5.87. The minimum Gasteiger partial charge on any atom is -0.748 e. The van der Waals surface area contributed by atoms with E-state index in [2.05, 4.69) is 4.90 Å². The first-order chi connectivity index (χ1) is 19.5. The predicted molar refractivity (Wildman–Crippen MR) is 160 cm³/mol. The molecule has 4 rings (SSSR count). The Morgan fingerprint density at radius 2 is 1.69 bits per heavy atom. The van der Waals surface area contributed by atoms with Gasteiger partial charge in [-0.1, -0.05) is 0 Å². The lowest BCUT2D eigenvalue weighted by molar-refractivity contribution is -0.437. The SMILES string of the molecule is CCN(CC)c1ccc2c(O)c(/C=C/C3=[N+](CCCS(=O)(=O)[O-])c4ccc(S(=O)(=O)[O-])cc4C3(C)C)c(=O)n(C)c2c1. The maximum Gasteiger partial charge on any atom is 0.261 e. The van der Waals surface area contributed by atoms with E-state index < -0.39 is 41.9 Å². The van der Waals surface area contributed by atoms with Crippen LogP contribution in [0.5, 0.6) is 5.75 Å². The fourth-order valence-corrected chi connectivity index (χ4v) is 6.56. The Balaban J connectivity index is 1.86. The number of allylic oxidation sites excluding steroid dienone is 1. The van der Waals surface area contributed by atoms with Crippen LogP contribution in [0.15, 0.2) is 52.2 Å². The van der Waals surface area contributed by atoms with Gasteiger partial charge in [0.15, 0.2) is 5.71 Å². The van der Waals surface area contributed by atoms with Gasteiger partial charge in [0, 0.05) is 61.1 Å². The van der Waals surface area contributed by atoms with Gasteiger partial charge in [-0.05, 0) is 64.1 Å². The van der Waals surface area contributed by atoms with E-state index in [0.717, 1.165) is 18.8 Å². The van der Waals surface area contributed by atoms with Crippen LogP contribution in [0, 0.1) is 0 Å². The Bertz CT molecular complexity index is 1900. The number of fused-ring (bicyclic) bond motifs is 2. The van der Waals surface area contributed by atoms with E-state index in [1.165, 1.54) is 28.8 Å². The summed E-state index contributed by atoms with van der Waals surface area (Å²) in [6.07, 6.45) is 3.07. The average Bonchev–Trinajstić information content (AvgIpc) is 3.12. The molecule has 226 valence electrons. The van der Waals surface area contributed by atoms with Gasteiger partial charge in [0.1, 0.15) is 22.4 Å². The van der Waals surface area contributed by atoms with Gasteiger partial charge in [-0.2, -0.15) is 4.58 Å². The summed E-state index contributed by atoms with van der Waals surface area (Å²) in [6, 6.07) is 9.43. The Morgan fingerprint density at radius 3 is 2.29 bits per heavy atom. The molecule has 1 N–H and O–H groups in total. The van der Waals surface area contributed by atoms with E-state index in [0.29, 0.717) is 27.9 Å². The second kappa shape index (κ2) is 11.3. The molecule has 42 heavy (non-hydrogen) atoms. The van der Waals surface area contributed by atoms with Gasteiger partial charge in [-0.25, -0.2) is 16.8 Å². The standard InChI is InChI=1S/C29H35N3O8S2/c1-6-31(7-2)19-9-11-21-25(17-19)30(5)28(34)22(27(21)33)12-14-26-29(3,4)23-18-20(42(38,39)40)10-13-24(23)32(26)15-8-16-41(35,36)37/h9-14,17-18H,6-8,15-16H2,1-5H3,(H2,35,36,37,38,39,40)/p-1. The molecule has 0 unspecified atom stereocenters. The highest BCUT2D eigenvalue weighted by Gasteiger charge is 2.44. The van der Waals surface area contributed by atoms with Crippen molar-refractivity contribution in [1.29, 1.82) is 0 Å². The Labute approximate surface area is 245 Å². The molecule has 2 heterocycles. The van der Waals surface area contributed by atoms with Gasteiger partial charge in [0.2, 0.25) is 5.69 Å². The number of nitrogens with zero attached hydrogens (tertiary/aromatic N) is 3. The molecule has 11 nitrogen and oxygen atoms in total. The lowest BCUT2D eigenvalue weighted by atomic mass is 9.81. The molecule has 3 aromatic rings. The summed E-state index contributed by atoms with van der Waals surface area (Å²) in [6.45, 7) is 9.30. The van der Waals surface area contributed by atoms with E-state index in [9.17, 15) is 35.8 Å². The lowest BCUT2D eigenvalue weighted by Crippen LogP contribution is -2.28. The van der Waals surface area contributed by atoms with Crippen LogP contribution in [0.1, 0.15) is 45.2 Å². The fourth-order valence-electron chi connectivity index (χ4n) is 5.58. The fraction of sp³-hybridized carbons (Fsp3) is 0.379. The Hall–Kier alpha value is -3.52. The minimum absolute atomic E-state index is 0.0157. The van der Waals surface area contributed by atoms with E-state index >= 15 is 0 Å². The molecule has 0 saturated heterocycles. The summed E-state index contributed by atoms with van der Waals surface area (Å²) in [5.74, 6) is -0.807. The molecule has 0 radical (unpaired) electrons. The largest absolute Gasteiger partial charge is 0.748 e. The highest BCUT2D eigenvalue weighted by molar-refractivity contribution is 7.86. The number of rotatable bonds is 10. The lowest BCUT2D eigenvalue weighted by Gasteiger charge is -2.22. The second-order valence-electron chi connectivity index (χ2n) is 10.7. The maximum absolute atomic E-state index is 13.4. The van der Waals surface area contributed by atoms with Crippen LogP contribution in [0.2, 0.25) is 0 Å². The number of hydrogen-bond donors (Lipinski definition) is 1. The van der Waals surface area contributed by atoms with Crippen molar-refractivity contribution in [3.05, 3.63) is 64.0 Å². The monoisotopic (exact) mass is 616 g/mol. The van der Waals surface area contributed by atoms with Gasteiger partial charge in [-0.3, -0.25) is 4.79 Å². The zero-order valence-corrected chi connectivity index (χ0v) is 25.8. The number of aryl methyl sites for hydroxylation is 1. The van der Waals surface area contributed by atoms with Gasteiger partial charge in [0.05, 0.1) is 31.5 Å². The van der Waals surface area contributed by atoms with Gasteiger partial charge in [0.25, 0.3) is 5.56 Å². The summed E-state index contributed by atoms with van der Waals surface area (Å²) in [5, 5.41) is 11.7. The minimum atomic E-state index is -4.75. The van der Waals surface area contributed by atoms with Crippen LogP contribution in [0.25, 0.3) is 17.0 Å². The van der Waals surface area contributed by atoms with Crippen molar-refractivity contribution in [2.45, 2.75) is 44.4 Å². The normalized spacial score (nSPS) is 15.1. The van der Waals surface area contributed by atoms with E-state index in [1.807, 2.05) is 26.0 Å². The van der Waals surface area contributed by atoms with Gasteiger partial charge >= 0.3 is 0 Å². The Morgan fingerprint density at radius 1 is 1.02 bits per heavy atom. The Kier molecular flexibility index (Phi) is 8.44. The number of pyridine rings is 1. The number of aromatic hydroxyl groups is 1. The third-order valence-electron chi connectivity index (χ3n) is 7.85. The van der Waals surface area contributed by atoms with Crippen LogP contribution in [-0.4, -0.2) is 71.3 Å². The molecule has 0 amide bonds. The first-order valence-electron chi connectivity index (χ1n) is 13.5. The van der Waals surface area contributed by atoms with E-state index in [-0.39, 0.29) is 24.3 Å². The number of anilines is 1. The van der Waals surface area contributed by atoms with Crippen molar-refractivity contribution in [3.8, 4) is 5.75 Å².